The SMILES string of the molecule is CC(=O)c1ccccc1NC(=O)COC(=O)[C@@H](NC(=O)c1cccs1)C(C)C. The predicted octanol–water partition coefficient (Wildman–Crippen LogP) is 2.89. The third-order valence-electron chi connectivity index (χ3n) is 3.88. The molecule has 2 aromatic rings. The van der Waals surface area contributed by atoms with Crippen LogP contribution < -0.4 is 10.6 Å². The first-order valence-electron chi connectivity index (χ1n) is 8.70. The Morgan fingerprint density at radius 3 is 2.39 bits per heavy atom. The lowest BCUT2D eigenvalue weighted by Gasteiger charge is -2.20. The van der Waals surface area contributed by atoms with E-state index in [0.29, 0.717) is 16.1 Å². The molecule has 0 bridgehead atoms. The van der Waals surface area contributed by atoms with E-state index in [2.05, 4.69) is 10.6 Å². The number of carbonyl (C=O) groups excluding carboxylic acids is 4. The Labute approximate surface area is 167 Å². The van der Waals surface area contributed by atoms with E-state index in [0.717, 1.165) is 0 Å². The fourth-order valence-electron chi connectivity index (χ4n) is 2.43. The Morgan fingerprint density at radius 1 is 1.07 bits per heavy atom. The monoisotopic (exact) mass is 402 g/mol. The van der Waals surface area contributed by atoms with Crippen molar-refractivity contribution in [2.45, 2.75) is 26.8 Å². The Balaban J connectivity index is 1.94. The molecule has 0 fully saturated rings. The second-order valence-corrected chi connectivity index (χ2v) is 7.38. The molecule has 0 aliphatic carbocycles. The average molecular weight is 402 g/mol. The topological polar surface area (TPSA) is 102 Å². The number of ether oxygens (including phenoxy) is 1. The summed E-state index contributed by atoms with van der Waals surface area (Å²) in [5.41, 5.74) is 0.716. The number of anilines is 1. The maximum atomic E-state index is 12.4. The van der Waals surface area contributed by atoms with Crippen LogP contribution in [0, 0.1) is 5.92 Å². The zero-order valence-electron chi connectivity index (χ0n) is 15.9. The first-order valence-corrected chi connectivity index (χ1v) is 9.58. The minimum Gasteiger partial charge on any atom is -0.454 e. The molecule has 0 aliphatic heterocycles. The van der Waals surface area contributed by atoms with Gasteiger partial charge in [-0.1, -0.05) is 32.0 Å². The highest BCUT2D eigenvalue weighted by molar-refractivity contribution is 7.12. The molecule has 0 saturated carbocycles. The molecule has 0 spiro atoms. The van der Waals surface area contributed by atoms with Crippen LogP contribution in [0.1, 0.15) is 40.8 Å². The first-order chi connectivity index (χ1) is 13.3. The number of amides is 2. The van der Waals surface area contributed by atoms with Gasteiger partial charge in [-0.3, -0.25) is 14.4 Å². The minimum atomic E-state index is -0.882. The standard InChI is InChI=1S/C20H22N2O5S/c1-12(2)18(22-19(25)16-9-6-10-28-16)20(26)27-11-17(24)21-15-8-5-4-7-14(15)13(3)23/h4-10,12,18H,11H2,1-3H3,(H,21,24)(H,22,25)/t18-/m0/s1. The zero-order chi connectivity index (χ0) is 20.7. The second kappa shape index (κ2) is 9.80. The molecule has 2 N–H and O–H groups in total. The van der Waals surface area contributed by atoms with Crippen molar-refractivity contribution >= 4 is 40.6 Å². The van der Waals surface area contributed by atoms with E-state index in [9.17, 15) is 19.2 Å². The summed E-state index contributed by atoms with van der Waals surface area (Å²) in [6.07, 6.45) is 0. The summed E-state index contributed by atoms with van der Waals surface area (Å²) in [4.78, 5) is 48.7. The van der Waals surface area contributed by atoms with Crippen LogP contribution in [0.2, 0.25) is 0 Å². The summed E-state index contributed by atoms with van der Waals surface area (Å²) < 4.78 is 5.07. The summed E-state index contributed by atoms with van der Waals surface area (Å²) >= 11 is 1.26. The molecule has 0 unspecified atom stereocenters. The van der Waals surface area contributed by atoms with Crippen molar-refractivity contribution in [2.75, 3.05) is 11.9 Å². The van der Waals surface area contributed by atoms with Crippen LogP contribution >= 0.6 is 11.3 Å². The Hall–Kier alpha value is -3.00. The maximum absolute atomic E-state index is 12.4. The lowest BCUT2D eigenvalue weighted by atomic mass is 10.0. The number of Topliss-reactive ketones (excluding diaryl/α,β-unsaturated/α-hetero) is 1. The highest BCUT2D eigenvalue weighted by Crippen LogP contribution is 2.15. The van der Waals surface area contributed by atoms with Crippen molar-refractivity contribution < 1.29 is 23.9 Å². The van der Waals surface area contributed by atoms with Crippen molar-refractivity contribution in [3.8, 4) is 0 Å². The summed E-state index contributed by atoms with van der Waals surface area (Å²) in [5.74, 6) is -2.06. The van der Waals surface area contributed by atoms with E-state index in [4.69, 9.17) is 4.74 Å². The van der Waals surface area contributed by atoms with Crippen LogP contribution in [0.15, 0.2) is 41.8 Å². The quantitative estimate of drug-likeness (QED) is 0.522. The van der Waals surface area contributed by atoms with Gasteiger partial charge < -0.3 is 15.4 Å². The number of rotatable bonds is 8. The van der Waals surface area contributed by atoms with E-state index in [1.54, 1.807) is 55.6 Å². The van der Waals surface area contributed by atoms with Crippen LogP contribution in [-0.2, 0) is 14.3 Å². The Morgan fingerprint density at radius 2 is 1.79 bits per heavy atom. The van der Waals surface area contributed by atoms with Crippen LogP contribution in [0.4, 0.5) is 5.69 Å². The number of nitrogens with one attached hydrogen (secondary N) is 2. The third kappa shape index (κ3) is 5.75. The van der Waals surface area contributed by atoms with Crippen LogP contribution in [0.5, 0.6) is 0 Å². The normalized spacial score (nSPS) is 11.6. The molecular formula is C20H22N2O5S. The number of thiophene rings is 1. The van der Waals surface area contributed by atoms with Crippen LogP contribution in [0.3, 0.4) is 0 Å². The highest BCUT2D eigenvalue weighted by atomic mass is 32.1. The molecule has 8 heteroatoms. The van der Waals surface area contributed by atoms with Crippen LogP contribution in [0.25, 0.3) is 0 Å². The molecular weight excluding hydrogens is 380 g/mol. The summed E-state index contributed by atoms with van der Waals surface area (Å²) in [6.45, 7) is 4.41. The molecule has 7 nitrogen and oxygen atoms in total. The van der Waals surface area contributed by atoms with E-state index in [1.165, 1.54) is 18.3 Å². The van der Waals surface area contributed by atoms with Crippen molar-refractivity contribution in [1.29, 1.82) is 0 Å². The van der Waals surface area contributed by atoms with Gasteiger partial charge >= 0.3 is 5.97 Å². The van der Waals surface area contributed by atoms with Gasteiger partial charge in [0.05, 0.1) is 10.6 Å². The highest BCUT2D eigenvalue weighted by Gasteiger charge is 2.27. The molecule has 1 aromatic carbocycles. The van der Waals surface area contributed by atoms with Crippen molar-refractivity contribution in [3.05, 3.63) is 52.2 Å². The number of hydrogen-bond donors (Lipinski definition) is 2. The van der Waals surface area contributed by atoms with E-state index >= 15 is 0 Å². The lowest BCUT2D eigenvalue weighted by molar-refractivity contribution is -0.150. The Bertz CT molecular complexity index is 861. The number of carbonyl (C=O) groups is 4. The smallest absolute Gasteiger partial charge is 0.329 e. The summed E-state index contributed by atoms with van der Waals surface area (Å²) in [7, 11) is 0. The van der Waals surface area contributed by atoms with Crippen molar-refractivity contribution in [2.24, 2.45) is 5.92 Å². The maximum Gasteiger partial charge on any atom is 0.329 e. The number of hydrogen-bond acceptors (Lipinski definition) is 6. The number of esters is 1. The number of para-hydroxylation sites is 1. The first kappa shape index (κ1) is 21.3. The van der Waals surface area contributed by atoms with Gasteiger partial charge in [0.15, 0.2) is 12.4 Å². The van der Waals surface area contributed by atoms with Gasteiger partial charge in [-0.05, 0) is 36.4 Å². The molecule has 0 saturated heterocycles. The van der Waals surface area contributed by atoms with Gasteiger partial charge in [-0.25, -0.2) is 4.79 Å². The van der Waals surface area contributed by atoms with E-state index < -0.39 is 24.5 Å². The van der Waals surface area contributed by atoms with Gasteiger partial charge in [0, 0.05) is 5.56 Å². The zero-order valence-corrected chi connectivity index (χ0v) is 16.7. The van der Waals surface area contributed by atoms with Gasteiger partial charge in [0.2, 0.25) is 0 Å². The average Bonchev–Trinajstić information content (AvgIpc) is 3.19. The van der Waals surface area contributed by atoms with Gasteiger partial charge in [0.25, 0.3) is 11.8 Å². The number of benzene rings is 1. The molecule has 1 atom stereocenters. The predicted molar refractivity (Wildman–Crippen MR) is 106 cm³/mol. The number of ketones is 1. The molecule has 0 radical (unpaired) electrons. The summed E-state index contributed by atoms with van der Waals surface area (Å²) in [5, 5.41) is 6.96. The Kier molecular flexibility index (Phi) is 7.45. The lowest BCUT2D eigenvalue weighted by Crippen LogP contribution is -2.45. The van der Waals surface area contributed by atoms with Gasteiger partial charge in [-0.2, -0.15) is 0 Å². The largest absolute Gasteiger partial charge is 0.454 e. The van der Waals surface area contributed by atoms with Crippen molar-refractivity contribution in [1.82, 2.24) is 5.32 Å². The van der Waals surface area contributed by atoms with Gasteiger partial charge in [-0.15, -0.1) is 11.3 Å². The molecule has 148 valence electrons. The van der Waals surface area contributed by atoms with Gasteiger partial charge in [0.1, 0.15) is 6.04 Å². The van der Waals surface area contributed by atoms with E-state index in [1.807, 2.05) is 0 Å². The molecule has 2 rings (SSSR count). The van der Waals surface area contributed by atoms with Crippen LogP contribution in [-0.4, -0.2) is 36.2 Å². The second-order valence-electron chi connectivity index (χ2n) is 6.43. The third-order valence-corrected chi connectivity index (χ3v) is 4.75. The van der Waals surface area contributed by atoms with Crippen molar-refractivity contribution in [3.63, 3.8) is 0 Å². The van der Waals surface area contributed by atoms with E-state index in [-0.39, 0.29) is 17.6 Å². The molecule has 2 amide bonds. The minimum absolute atomic E-state index is 0.191. The molecule has 0 aliphatic rings. The molecule has 28 heavy (non-hydrogen) atoms. The fourth-order valence-corrected chi connectivity index (χ4v) is 3.06. The summed E-state index contributed by atoms with van der Waals surface area (Å²) in [6, 6.07) is 9.08. The molecule has 1 aromatic heterocycles. The fraction of sp³-hybridized carbons (Fsp3) is 0.300. The molecule has 1 heterocycles.